The highest BCUT2D eigenvalue weighted by Gasteiger charge is 2.57. The third kappa shape index (κ3) is 1.18. The Bertz CT molecular complexity index is 375. The van der Waals surface area contributed by atoms with Gasteiger partial charge in [0.1, 0.15) is 18.3 Å². The first-order chi connectivity index (χ1) is 7.92. The molecule has 3 saturated heterocycles. The molecule has 16 heavy (non-hydrogen) atoms. The van der Waals surface area contributed by atoms with E-state index in [1.807, 2.05) is 30.3 Å². The zero-order valence-corrected chi connectivity index (χ0v) is 8.61. The molecule has 5 atom stereocenters. The van der Waals surface area contributed by atoms with Crippen molar-refractivity contribution in [1.29, 1.82) is 0 Å². The van der Waals surface area contributed by atoms with Crippen molar-refractivity contribution in [2.45, 2.75) is 30.9 Å². The Kier molecular flexibility index (Phi) is 1.87. The van der Waals surface area contributed by atoms with E-state index < -0.39 is 0 Å². The molecule has 2 bridgehead atoms. The fraction of sp³-hybridized carbons (Fsp3) is 0.500. The van der Waals surface area contributed by atoms with E-state index in [-0.39, 0.29) is 30.9 Å². The third-order valence-electron chi connectivity index (χ3n) is 3.33. The lowest BCUT2D eigenvalue weighted by Crippen LogP contribution is -2.37. The van der Waals surface area contributed by atoms with Crippen molar-refractivity contribution in [2.24, 2.45) is 0 Å². The highest BCUT2D eigenvalue weighted by atomic mass is 16.8. The highest BCUT2D eigenvalue weighted by molar-refractivity contribution is 5.17. The largest absolute Gasteiger partial charge is 0.347 e. The second-order valence-corrected chi connectivity index (χ2v) is 4.32. The normalized spacial score (nSPS) is 44.9. The average molecular weight is 220 g/mol. The van der Waals surface area contributed by atoms with Crippen LogP contribution in [0.25, 0.3) is 0 Å². The minimum atomic E-state index is -0.271. The molecule has 0 N–H and O–H groups in total. The molecule has 3 aliphatic rings. The van der Waals surface area contributed by atoms with Gasteiger partial charge in [0.15, 0.2) is 12.6 Å². The summed E-state index contributed by atoms with van der Waals surface area (Å²) in [5.74, 6) is 0. The lowest BCUT2D eigenvalue weighted by Gasteiger charge is -2.17. The number of rotatable bonds is 1. The van der Waals surface area contributed by atoms with Crippen molar-refractivity contribution < 1.29 is 18.9 Å². The third-order valence-corrected chi connectivity index (χ3v) is 3.33. The Balaban J connectivity index is 1.59. The maximum absolute atomic E-state index is 5.88. The first-order valence-electron chi connectivity index (χ1n) is 5.55. The van der Waals surface area contributed by atoms with E-state index in [1.165, 1.54) is 0 Å². The molecule has 0 saturated carbocycles. The molecule has 3 heterocycles. The molecular weight excluding hydrogens is 208 g/mol. The maximum Gasteiger partial charge on any atom is 0.187 e. The van der Waals surface area contributed by atoms with Crippen LogP contribution in [0.5, 0.6) is 0 Å². The van der Waals surface area contributed by atoms with E-state index in [4.69, 9.17) is 18.9 Å². The predicted molar refractivity (Wildman–Crippen MR) is 53.5 cm³/mol. The van der Waals surface area contributed by atoms with Gasteiger partial charge in [0.2, 0.25) is 0 Å². The van der Waals surface area contributed by atoms with Gasteiger partial charge < -0.3 is 18.9 Å². The van der Waals surface area contributed by atoms with E-state index in [2.05, 4.69) is 0 Å². The molecule has 1 aromatic rings. The monoisotopic (exact) mass is 220 g/mol. The van der Waals surface area contributed by atoms with Crippen molar-refractivity contribution in [3.05, 3.63) is 35.9 Å². The summed E-state index contributed by atoms with van der Waals surface area (Å²) in [6.45, 7) is 0.622. The van der Waals surface area contributed by atoms with E-state index >= 15 is 0 Å². The molecule has 0 aromatic heterocycles. The van der Waals surface area contributed by atoms with Crippen LogP contribution in [0.3, 0.4) is 0 Å². The van der Waals surface area contributed by atoms with Crippen LogP contribution in [-0.4, -0.2) is 31.2 Å². The number of ether oxygens (including phenoxy) is 4. The van der Waals surface area contributed by atoms with Gasteiger partial charge in [-0.3, -0.25) is 0 Å². The summed E-state index contributed by atoms with van der Waals surface area (Å²) in [5, 5.41) is 0. The van der Waals surface area contributed by atoms with Crippen molar-refractivity contribution in [2.75, 3.05) is 6.61 Å². The molecule has 0 unspecified atom stereocenters. The van der Waals surface area contributed by atoms with Gasteiger partial charge in [-0.25, -0.2) is 0 Å². The van der Waals surface area contributed by atoms with Crippen molar-refractivity contribution in [3.63, 3.8) is 0 Å². The van der Waals surface area contributed by atoms with Crippen LogP contribution in [0.2, 0.25) is 0 Å². The zero-order valence-electron chi connectivity index (χ0n) is 8.61. The summed E-state index contributed by atoms with van der Waals surface area (Å²) in [4.78, 5) is 0. The molecule has 1 aromatic carbocycles. The van der Waals surface area contributed by atoms with E-state index in [0.29, 0.717) is 6.61 Å². The van der Waals surface area contributed by atoms with Gasteiger partial charge in [-0.2, -0.15) is 0 Å². The summed E-state index contributed by atoms with van der Waals surface area (Å²) >= 11 is 0. The molecule has 4 nitrogen and oxygen atoms in total. The second-order valence-electron chi connectivity index (χ2n) is 4.32. The summed E-state index contributed by atoms with van der Waals surface area (Å²) in [7, 11) is 0. The molecule has 84 valence electrons. The quantitative estimate of drug-likeness (QED) is 0.713. The predicted octanol–water partition coefficient (Wildman–Crippen LogP) is 1.22. The first kappa shape index (κ1) is 9.13. The van der Waals surface area contributed by atoms with Crippen LogP contribution in [0, 0.1) is 0 Å². The number of hydrogen-bond donors (Lipinski definition) is 0. The number of benzene rings is 1. The molecule has 3 fully saturated rings. The van der Waals surface area contributed by atoms with E-state index in [0.717, 1.165) is 5.56 Å². The molecule has 0 aliphatic carbocycles. The lowest BCUT2D eigenvalue weighted by molar-refractivity contribution is -0.147. The fourth-order valence-electron chi connectivity index (χ4n) is 2.54. The van der Waals surface area contributed by atoms with Gasteiger partial charge in [0.25, 0.3) is 0 Å². The second kappa shape index (κ2) is 3.28. The lowest BCUT2D eigenvalue weighted by atomic mass is 10.1. The van der Waals surface area contributed by atoms with Gasteiger partial charge >= 0.3 is 0 Å². The fourth-order valence-corrected chi connectivity index (χ4v) is 2.54. The van der Waals surface area contributed by atoms with E-state index in [1.54, 1.807) is 0 Å². The average Bonchev–Trinajstić information content (AvgIpc) is 3.02. The van der Waals surface area contributed by atoms with E-state index in [9.17, 15) is 0 Å². The van der Waals surface area contributed by atoms with Crippen molar-refractivity contribution >= 4 is 0 Å². The topological polar surface area (TPSA) is 36.9 Å². The van der Waals surface area contributed by atoms with Crippen LogP contribution in [0.1, 0.15) is 11.9 Å². The molecule has 4 rings (SSSR count). The minimum Gasteiger partial charge on any atom is -0.347 e. The Morgan fingerprint density at radius 1 is 0.938 bits per heavy atom. The number of hydrogen-bond acceptors (Lipinski definition) is 4. The maximum atomic E-state index is 5.88. The number of fused-ring (bicyclic) bond motifs is 5. The molecule has 4 heteroatoms. The Morgan fingerprint density at radius 3 is 2.56 bits per heavy atom. The van der Waals surface area contributed by atoms with Crippen LogP contribution < -0.4 is 0 Å². The standard InChI is InChI=1S/C12H12O4/c1-2-4-7(5-3-1)11-15-9-8-6-13-12(14-8)10(9)16-11/h1-5,8-12H,6H2/t8-,9+,10+,11-,12+/m0/s1. The Labute approximate surface area is 93.1 Å². The summed E-state index contributed by atoms with van der Waals surface area (Å²) in [6, 6.07) is 9.97. The summed E-state index contributed by atoms with van der Waals surface area (Å²) < 4.78 is 22.7. The Morgan fingerprint density at radius 2 is 1.75 bits per heavy atom. The Hall–Kier alpha value is -0.940. The van der Waals surface area contributed by atoms with Gasteiger partial charge in [-0.1, -0.05) is 30.3 Å². The zero-order chi connectivity index (χ0) is 10.5. The van der Waals surface area contributed by atoms with Crippen LogP contribution in [0.4, 0.5) is 0 Å². The van der Waals surface area contributed by atoms with Crippen molar-refractivity contribution in [1.82, 2.24) is 0 Å². The molecule has 0 radical (unpaired) electrons. The molecule has 0 spiro atoms. The minimum absolute atomic E-state index is 0.0314. The smallest absolute Gasteiger partial charge is 0.187 e. The van der Waals surface area contributed by atoms with Crippen molar-refractivity contribution in [3.8, 4) is 0 Å². The van der Waals surface area contributed by atoms with Crippen LogP contribution >= 0.6 is 0 Å². The molecule has 0 amide bonds. The van der Waals surface area contributed by atoms with Gasteiger partial charge in [0.05, 0.1) is 6.61 Å². The summed E-state index contributed by atoms with van der Waals surface area (Å²) in [5.41, 5.74) is 1.05. The van der Waals surface area contributed by atoms with Gasteiger partial charge in [0, 0.05) is 5.56 Å². The summed E-state index contributed by atoms with van der Waals surface area (Å²) in [6.07, 6.45) is -0.493. The first-order valence-corrected chi connectivity index (χ1v) is 5.55. The van der Waals surface area contributed by atoms with Crippen LogP contribution in [-0.2, 0) is 18.9 Å². The molecule has 3 aliphatic heterocycles. The van der Waals surface area contributed by atoms with Gasteiger partial charge in [-0.05, 0) is 0 Å². The van der Waals surface area contributed by atoms with Gasteiger partial charge in [-0.15, -0.1) is 0 Å². The highest BCUT2D eigenvalue weighted by Crippen LogP contribution is 2.43. The SMILES string of the molecule is c1ccc([C@@H]2O[C@H]3[C@@H]4OC[C@H](O4)[C@H]3O2)cc1. The molecular formula is C12H12O4. The van der Waals surface area contributed by atoms with Crippen LogP contribution in [0.15, 0.2) is 30.3 Å².